The van der Waals surface area contributed by atoms with Crippen LogP contribution in [0.2, 0.25) is 0 Å². The van der Waals surface area contributed by atoms with Crippen LogP contribution in [0.4, 0.5) is 0 Å². The molecule has 1 N–H and O–H groups in total. The summed E-state index contributed by atoms with van der Waals surface area (Å²) < 4.78 is 1.75. The van der Waals surface area contributed by atoms with E-state index in [1.165, 1.54) is 6.33 Å². The van der Waals surface area contributed by atoms with Crippen molar-refractivity contribution >= 4 is 5.91 Å². The van der Waals surface area contributed by atoms with E-state index in [-0.39, 0.29) is 5.91 Å². The summed E-state index contributed by atoms with van der Waals surface area (Å²) in [5.41, 5.74) is 1.10. The fraction of sp³-hybridized carbons (Fsp3) is 0.529. The third-order valence-electron chi connectivity index (χ3n) is 4.32. The summed E-state index contributed by atoms with van der Waals surface area (Å²) in [6.45, 7) is 3.62. The highest BCUT2D eigenvalue weighted by atomic mass is 16.1. The molecule has 0 spiro atoms. The van der Waals surface area contributed by atoms with Crippen LogP contribution in [0.15, 0.2) is 37.1 Å². The van der Waals surface area contributed by atoms with Gasteiger partial charge >= 0.3 is 0 Å². The molecule has 1 aliphatic heterocycles. The average Bonchev–Trinajstić information content (AvgIpc) is 3.11. The van der Waals surface area contributed by atoms with Gasteiger partial charge in [-0.3, -0.25) is 19.4 Å². The van der Waals surface area contributed by atoms with E-state index in [1.807, 2.05) is 18.3 Å². The minimum absolute atomic E-state index is 0.137. The highest BCUT2D eigenvalue weighted by Crippen LogP contribution is 2.13. The zero-order valence-corrected chi connectivity index (χ0v) is 13.8. The van der Waals surface area contributed by atoms with E-state index >= 15 is 0 Å². The molecular formula is C17H24N6O. The highest BCUT2D eigenvalue weighted by molar-refractivity contribution is 5.76. The Morgan fingerprint density at radius 2 is 2.17 bits per heavy atom. The average molecular weight is 328 g/mol. The number of rotatable bonds is 7. The summed E-state index contributed by atoms with van der Waals surface area (Å²) in [4.78, 5) is 22.7. The topological polar surface area (TPSA) is 75.9 Å². The van der Waals surface area contributed by atoms with Crippen LogP contribution >= 0.6 is 0 Å². The van der Waals surface area contributed by atoms with Crippen LogP contribution in [0.25, 0.3) is 0 Å². The van der Waals surface area contributed by atoms with Gasteiger partial charge in [0.25, 0.3) is 0 Å². The zero-order valence-electron chi connectivity index (χ0n) is 13.8. The maximum absolute atomic E-state index is 12.0. The number of aromatic nitrogens is 4. The van der Waals surface area contributed by atoms with E-state index in [2.05, 4.69) is 31.3 Å². The first kappa shape index (κ1) is 16.6. The lowest BCUT2D eigenvalue weighted by molar-refractivity contribution is -0.122. The number of nitrogens with one attached hydrogen (secondary N) is 1. The molecule has 1 amide bonds. The lowest BCUT2D eigenvalue weighted by Crippen LogP contribution is -2.44. The van der Waals surface area contributed by atoms with Gasteiger partial charge in [-0.15, -0.1) is 0 Å². The van der Waals surface area contributed by atoms with Gasteiger partial charge in [0.15, 0.2) is 0 Å². The molecule has 3 rings (SSSR count). The van der Waals surface area contributed by atoms with Crippen LogP contribution in [-0.2, 0) is 17.9 Å². The van der Waals surface area contributed by atoms with Crippen molar-refractivity contribution in [1.82, 2.24) is 30.0 Å². The lowest BCUT2D eigenvalue weighted by Gasteiger charge is -2.32. The Morgan fingerprint density at radius 1 is 1.29 bits per heavy atom. The summed E-state index contributed by atoms with van der Waals surface area (Å²) in [7, 11) is 0. The first-order valence-corrected chi connectivity index (χ1v) is 8.53. The Morgan fingerprint density at radius 3 is 2.88 bits per heavy atom. The third kappa shape index (κ3) is 5.13. The molecule has 0 aromatic carbocycles. The molecule has 128 valence electrons. The molecule has 0 atom stereocenters. The normalized spacial score (nSPS) is 16.2. The summed E-state index contributed by atoms with van der Waals surface area (Å²) >= 11 is 0. The Labute approximate surface area is 142 Å². The Hall–Kier alpha value is -2.28. The summed E-state index contributed by atoms with van der Waals surface area (Å²) in [6, 6.07) is 6.31. The molecule has 0 radical (unpaired) electrons. The number of hydrogen-bond donors (Lipinski definition) is 1. The van der Waals surface area contributed by atoms with Gasteiger partial charge in [-0.2, -0.15) is 5.10 Å². The van der Waals surface area contributed by atoms with Crippen LogP contribution < -0.4 is 5.32 Å². The molecule has 1 aliphatic rings. The van der Waals surface area contributed by atoms with Crippen molar-refractivity contribution in [2.45, 2.75) is 44.8 Å². The van der Waals surface area contributed by atoms with Gasteiger partial charge in [0.1, 0.15) is 12.7 Å². The standard InChI is InChI=1S/C17H24N6O/c24-17(5-3-9-23-14-18-13-20-23)21-15-6-10-22(11-7-15)12-16-4-1-2-8-19-16/h1-2,4,8,13-15H,3,5-7,9-12H2,(H,21,24). The Bertz CT molecular complexity index is 607. The van der Waals surface area contributed by atoms with Crippen molar-refractivity contribution in [3.63, 3.8) is 0 Å². The van der Waals surface area contributed by atoms with Crippen LogP contribution in [-0.4, -0.2) is 49.7 Å². The number of amides is 1. The van der Waals surface area contributed by atoms with E-state index < -0.39 is 0 Å². The highest BCUT2D eigenvalue weighted by Gasteiger charge is 2.20. The number of piperidine rings is 1. The Kier molecular flexibility index (Phi) is 5.90. The van der Waals surface area contributed by atoms with Gasteiger partial charge in [0, 0.05) is 44.8 Å². The van der Waals surface area contributed by atoms with Gasteiger partial charge < -0.3 is 5.32 Å². The van der Waals surface area contributed by atoms with Gasteiger partial charge in [-0.05, 0) is 31.4 Å². The van der Waals surface area contributed by atoms with Gasteiger partial charge in [0.05, 0.1) is 5.69 Å². The second kappa shape index (κ2) is 8.54. The number of nitrogens with zero attached hydrogens (tertiary/aromatic N) is 5. The number of carbonyl (C=O) groups is 1. The largest absolute Gasteiger partial charge is 0.353 e. The van der Waals surface area contributed by atoms with Crippen molar-refractivity contribution in [2.24, 2.45) is 0 Å². The number of hydrogen-bond acceptors (Lipinski definition) is 5. The maximum Gasteiger partial charge on any atom is 0.220 e. The summed E-state index contributed by atoms with van der Waals surface area (Å²) in [6.07, 6.45) is 8.35. The fourth-order valence-electron chi connectivity index (χ4n) is 3.01. The maximum atomic E-state index is 12.0. The minimum atomic E-state index is 0.137. The smallest absolute Gasteiger partial charge is 0.220 e. The van der Waals surface area contributed by atoms with Crippen molar-refractivity contribution < 1.29 is 4.79 Å². The molecule has 0 bridgehead atoms. The molecule has 0 aliphatic carbocycles. The second-order valence-electron chi connectivity index (χ2n) is 6.20. The van der Waals surface area contributed by atoms with E-state index in [4.69, 9.17) is 0 Å². The predicted molar refractivity (Wildman–Crippen MR) is 89.9 cm³/mol. The van der Waals surface area contributed by atoms with Crippen molar-refractivity contribution in [1.29, 1.82) is 0 Å². The summed E-state index contributed by atoms with van der Waals surface area (Å²) in [5.74, 6) is 0.137. The Balaban J connectivity index is 1.32. The quantitative estimate of drug-likeness (QED) is 0.827. The molecule has 1 saturated heterocycles. The molecule has 0 unspecified atom stereocenters. The number of aryl methyl sites for hydroxylation is 1. The molecule has 7 heteroatoms. The fourth-order valence-corrected chi connectivity index (χ4v) is 3.01. The third-order valence-corrected chi connectivity index (χ3v) is 4.32. The minimum Gasteiger partial charge on any atom is -0.353 e. The number of carbonyl (C=O) groups excluding carboxylic acids is 1. The lowest BCUT2D eigenvalue weighted by atomic mass is 10.0. The molecule has 24 heavy (non-hydrogen) atoms. The van der Waals surface area contributed by atoms with Gasteiger partial charge in [-0.1, -0.05) is 6.07 Å². The molecular weight excluding hydrogens is 304 g/mol. The number of likely N-dealkylation sites (tertiary alicyclic amines) is 1. The van der Waals surface area contributed by atoms with E-state index in [9.17, 15) is 4.79 Å². The van der Waals surface area contributed by atoms with Crippen LogP contribution in [0.5, 0.6) is 0 Å². The van der Waals surface area contributed by atoms with Gasteiger partial charge in [0.2, 0.25) is 5.91 Å². The van der Waals surface area contributed by atoms with Crippen LogP contribution in [0, 0.1) is 0 Å². The SMILES string of the molecule is O=C(CCCn1cncn1)NC1CCN(Cc2ccccn2)CC1. The second-order valence-corrected chi connectivity index (χ2v) is 6.20. The zero-order chi connectivity index (χ0) is 16.6. The van der Waals surface area contributed by atoms with Crippen molar-refractivity contribution in [3.05, 3.63) is 42.7 Å². The molecule has 2 aromatic rings. The van der Waals surface area contributed by atoms with Crippen LogP contribution in [0.3, 0.4) is 0 Å². The molecule has 7 nitrogen and oxygen atoms in total. The first-order valence-electron chi connectivity index (χ1n) is 8.53. The molecule has 3 heterocycles. The van der Waals surface area contributed by atoms with Gasteiger partial charge in [-0.25, -0.2) is 4.98 Å². The first-order chi connectivity index (χ1) is 11.8. The van der Waals surface area contributed by atoms with E-state index in [0.717, 1.165) is 51.1 Å². The van der Waals surface area contributed by atoms with Crippen LogP contribution in [0.1, 0.15) is 31.4 Å². The molecule has 0 saturated carbocycles. The monoisotopic (exact) mass is 328 g/mol. The van der Waals surface area contributed by atoms with Crippen molar-refractivity contribution in [2.75, 3.05) is 13.1 Å². The van der Waals surface area contributed by atoms with E-state index in [1.54, 1.807) is 11.0 Å². The van der Waals surface area contributed by atoms with E-state index in [0.29, 0.717) is 12.5 Å². The molecule has 2 aromatic heterocycles. The van der Waals surface area contributed by atoms with Crippen molar-refractivity contribution in [3.8, 4) is 0 Å². The summed E-state index contributed by atoms with van der Waals surface area (Å²) in [5, 5.41) is 7.19. The predicted octanol–water partition coefficient (Wildman–Crippen LogP) is 1.23. The number of pyridine rings is 1. The molecule has 1 fully saturated rings.